The Hall–Kier alpha value is -3.26. The van der Waals surface area contributed by atoms with Crippen molar-refractivity contribution in [2.24, 2.45) is 0 Å². The number of benzene rings is 2. The van der Waals surface area contributed by atoms with Gasteiger partial charge in [0.25, 0.3) is 0 Å². The van der Waals surface area contributed by atoms with Crippen LogP contribution in [0.15, 0.2) is 30.3 Å². The van der Waals surface area contributed by atoms with Crippen molar-refractivity contribution < 1.29 is 28.5 Å². The second kappa shape index (κ2) is 9.79. The Morgan fingerprint density at radius 3 is 2.00 bits per heavy atom. The maximum atomic E-state index is 13.3. The Morgan fingerprint density at radius 2 is 1.52 bits per heavy atom. The van der Waals surface area contributed by atoms with Crippen LogP contribution in [-0.4, -0.2) is 65.7 Å². The molecule has 0 radical (unpaired) electrons. The number of hydrogen-bond donors (Lipinski definition) is 1. The quantitative estimate of drug-likeness (QED) is 0.645. The first kappa shape index (κ1) is 22.0. The summed E-state index contributed by atoms with van der Waals surface area (Å²) in [6.45, 7) is 0.176. The zero-order valence-electron chi connectivity index (χ0n) is 17.5. The maximum Gasteiger partial charge on any atom is 0.238 e. The fourth-order valence-electron chi connectivity index (χ4n) is 2.80. The number of rotatable bonds is 9. The van der Waals surface area contributed by atoms with E-state index in [1.54, 1.807) is 49.3 Å². The molecule has 2 aromatic rings. The molecule has 0 saturated carbocycles. The highest BCUT2D eigenvalue weighted by molar-refractivity contribution is 6.14. The molecule has 29 heavy (non-hydrogen) atoms. The van der Waals surface area contributed by atoms with E-state index < -0.39 is 0 Å². The minimum Gasteiger partial charge on any atom is -0.497 e. The lowest BCUT2D eigenvalue weighted by atomic mass is 10.00. The Bertz CT molecular complexity index is 870. The van der Waals surface area contributed by atoms with Gasteiger partial charge in [0.1, 0.15) is 5.75 Å². The fourth-order valence-corrected chi connectivity index (χ4v) is 2.80. The van der Waals surface area contributed by atoms with Gasteiger partial charge in [-0.2, -0.15) is 0 Å². The molecule has 0 fully saturated rings. The summed E-state index contributed by atoms with van der Waals surface area (Å²) in [6, 6.07) is 8.01. The molecule has 0 aromatic heterocycles. The van der Waals surface area contributed by atoms with Gasteiger partial charge in [-0.05, 0) is 38.4 Å². The molecule has 1 N–H and O–H groups in total. The van der Waals surface area contributed by atoms with Crippen molar-refractivity contribution in [1.82, 2.24) is 4.90 Å². The number of methoxy groups -OCH3 is 4. The monoisotopic (exact) mass is 402 g/mol. The van der Waals surface area contributed by atoms with Gasteiger partial charge in [-0.15, -0.1) is 0 Å². The summed E-state index contributed by atoms with van der Waals surface area (Å²) in [7, 11) is 9.53. The van der Waals surface area contributed by atoms with Gasteiger partial charge >= 0.3 is 0 Å². The molecule has 0 aliphatic rings. The number of nitrogens with one attached hydrogen (secondary N) is 1. The number of ketones is 1. The smallest absolute Gasteiger partial charge is 0.238 e. The normalized spacial score (nSPS) is 10.4. The number of anilines is 1. The first-order valence-corrected chi connectivity index (χ1v) is 8.81. The van der Waals surface area contributed by atoms with Crippen LogP contribution >= 0.6 is 0 Å². The average Bonchev–Trinajstić information content (AvgIpc) is 2.71. The van der Waals surface area contributed by atoms with Gasteiger partial charge in [0.05, 0.1) is 40.7 Å². The van der Waals surface area contributed by atoms with E-state index in [9.17, 15) is 9.59 Å². The topological polar surface area (TPSA) is 86.3 Å². The summed E-state index contributed by atoms with van der Waals surface area (Å²) in [5.41, 5.74) is 0.995. The standard InChI is InChI=1S/C21H26N2O6/c1-23(2)12-19(24)22-16-11-14(26-3)7-8-15(16)20(25)13-9-17(27-4)21(29-6)18(10-13)28-5/h7-11H,12H2,1-6H3,(H,22,24). The average molecular weight is 402 g/mol. The summed E-state index contributed by atoms with van der Waals surface area (Å²) < 4.78 is 21.2. The first-order valence-electron chi connectivity index (χ1n) is 8.81. The molecule has 2 aromatic carbocycles. The molecule has 1 amide bonds. The second-order valence-corrected chi connectivity index (χ2v) is 6.44. The van der Waals surface area contributed by atoms with Crippen molar-refractivity contribution in [2.75, 3.05) is 54.4 Å². The van der Waals surface area contributed by atoms with Gasteiger partial charge in [-0.25, -0.2) is 0 Å². The molecule has 0 saturated heterocycles. The fraction of sp³-hybridized carbons (Fsp3) is 0.333. The van der Waals surface area contributed by atoms with Crippen LogP contribution in [0.3, 0.4) is 0 Å². The molecule has 0 heterocycles. The summed E-state index contributed by atoms with van der Waals surface area (Å²) >= 11 is 0. The number of carbonyl (C=O) groups is 2. The Balaban J connectivity index is 2.50. The number of nitrogens with zero attached hydrogens (tertiary/aromatic N) is 1. The number of amides is 1. The van der Waals surface area contributed by atoms with E-state index in [-0.39, 0.29) is 18.2 Å². The van der Waals surface area contributed by atoms with Crippen LogP contribution in [0.4, 0.5) is 5.69 Å². The summed E-state index contributed by atoms with van der Waals surface area (Å²) in [5, 5.41) is 2.78. The van der Waals surface area contributed by atoms with Crippen molar-refractivity contribution in [3.8, 4) is 23.0 Å². The number of hydrogen-bond acceptors (Lipinski definition) is 7. The molecule has 0 spiro atoms. The maximum absolute atomic E-state index is 13.3. The highest BCUT2D eigenvalue weighted by Gasteiger charge is 2.21. The van der Waals surface area contributed by atoms with Gasteiger partial charge in [-0.3, -0.25) is 9.59 Å². The van der Waals surface area contributed by atoms with Gasteiger partial charge in [0.2, 0.25) is 11.7 Å². The van der Waals surface area contributed by atoms with Gasteiger partial charge < -0.3 is 29.2 Å². The van der Waals surface area contributed by atoms with E-state index in [1.807, 2.05) is 0 Å². The Morgan fingerprint density at radius 1 is 0.897 bits per heavy atom. The molecular formula is C21H26N2O6. The second-order valence-electron chi connectivity index (χ2n) is 6.44. The Labute approximate surface area is 170 Å². The van der Waals surface area contributed by atoms with Gasteiger partial charge in [0.15, 0.2) is 17.3 Å². The molecule has 0 atom stereocenters. The van der Waals surface area contributed by atoms with Crippen molar-refractivity contribution in [2.45, 2.75) is 0 Å². The SMILES string of the molecule is COc1ccc(C(=O)c2cc(OC)c(OC)c(OC)c2)c(NC(=O)CN(C)C)c1. The molecule has 0 unspecified atom stereocenters. The minimum absolute atomic E-state index is 0.176. The van der Waals surface area contributed by atoms with Crippen LogP contribution in [0.1, 0.15) is 15.9 Å². The van der Waals surface area contributed by atoms with E-state index in [4.69, 9.17) is 18.9 Å². The van der Waals surface area contributed by atoms with E-state index >= 15 is 0 Å². The van der Waals surface area contributed by atoms with E-state index in [0.29, 0.717) is 39.8 Å². The molecule has 2 rings (SSSR count). The predicted octanol–water partition coefficient (Wildman–Crippen LogP) is 2.45. The molecule has 156 valence electrons. The minimum atomic E-state index is -0.313. The molecule has 0 aliphatic carbocycles. The first-order chi connectivity index (χ1) is 13.8. The highest BCUT2D eigenvalue weighted by Crippen LogP contribution is 2.39. The zero-order valence-corrected chi connectivity index (χ0v) is 17.5. The third kappa shape index (κ3) is 5.17. The summed E-state index contributed by atoms with van der Waals surface area (Å²) in [5.74, 6) is 1.07. The summed E-state index contributed by atoms with van der Waals surface area (Å²) in [6.07, 6.45) is 0. The van der Waals surface area contributed by atoms with Crippen LogP contribution in [0.2, 0.25) is 0 Å². The van der Waals surface area contributed by atoms with Gasteiger partial charge in [-0.1, -0.05) is 0 Å². The molecule has 0 bridgehead atoms. The molecule has 8 heteroatoms. The van der Waals surface area contributed by atoms with E-state index in [0.717, 1.165) is 0 Å². The van der Waals surface area contributed by atoms with Crippen LogP contribution in [0, 0.1) is 0 Å². The lowest BCUT2D eigenvalue weighted by Crippen LogP contribution is -2.27. The van der Waals surface area contributed by atoms with Crippen LogP contribution in [0.5, 0.6) is 23.0 Å². The Kier molecular flexibility index (Phi) is 7.44. The molecule has 0 aliphatic heterocycles. The molecular weight excluding hydrogens is 376 g/mol. The largest absolute Gasteiger partial charge is 0.497 e. The van der Waals surface area contributed by atoms with Crippen molar-refractivity contribution in [3.63, 3.8) is 0 Å². The van der Waals surface area contributed by atoms with Crippen molar-refractivity contribution in [3.05, 3.63) is 41.5 Å². The van der Waals surface area contributed by atoms with E-state index in [1.165, 1.54) is 28.4 Å². The van der Waals surface area contributed by atoms with E-state index in [2.05, 4.69) is 5.32 Å². The number of carbonyl (C=O) groups excluding carboxylic acids is 2. The number of ether oxygens (including phenoxy) is 4. The predicted molar refractivity (Wildman–Crippen MR) is 110 cm³/mol. The van der Waals surface area contributed by atoms with Crippen LogP contribution in [0.25, 0.3) is 0 Å². The lowest BCUT2D eigenvalue weighted by Gasteiger charge is -2.16. The zero-order chi connectivity index (χ0) is 21.6. The molecule has 8 nitrogen and oxygen atoms in total. The van der Waals surface area contributed by atoms with Crippen LogP contribution < -0.4 is 24.3 Å². The number of likely N-dealkylation sites (N-methyl/N-ethyl adjacent to an activating group) is 1. The highest BCUT2D eigenvalue weighted by atomic mass is 16.5. The van der Waals surface area contributed by atoms with Crippen LogP contribution in [-0.2, 0) is 4.79 Å². The van der Waals surface area contributed by atoms with Crippen molar-refractivity contribution >= 4 is 17.4 Å². The lowest BCUT2D eigenvalue weighted by molar-refractivity contribution is -0.116. The third-order valence-electron chi connectivity index (χ3n) is 4.13. The van der Waals surface area contributed by atoms with Gasteiger partial charge in [0, 0.05) is 17.2 Å². The summed E-state index contributed by atoms with van der Waals surface area (Å²) in [4.78, 5) is 27.2. The van der Waals surface area contributed by atoms with Crippen molar-refractivity contribution in [1.29, 1.82) is 0 Å². The third-order valence-corrected chi connectivity index (χ3v) is 4.13.